The van der Waals surface area contributed by atoms with Gasteiger partial charge in [-0.05, 0) is 32.0 Å². The van der Waals surface area contributed by atoms with Gasteiger partial charge in [-0.1, -0.05) is 0 Å². The zero-order valence-corrected chi connectivity index (χ0v) is 12.3. The van der Waals surface area contributed by atoms with Gasteiger partial charge in [0.1, 0.15) is 0 Å². The van der Waals surface area contributed by atoms with Crippen LogP contribution in [0.5, 0.6) is 0 Å². The number of nitrogens with zero attached hydrogens (tertiary/aromatic N) is 6. The Balaban J connectivity index is 1.81. The molecule has 4 aromatic rings. The minimum atomic E-state index is 0.290. The van der Waals surface area contributed by atoms with Crippen LogP contribution in [0.4, 0.5) is 5.95 Å². The Morgan fingerprint density at radius 3 is 2.77 bits per heavy atom. The fraction of sp³-hybridized carbons (Fsp3) is 0.200. The number of anilines is 1. The highest BCUT2D eigenvalue weighted by Crippen LogP contribution is 2.23. The van der Waals surface area contributed by atoms with Crippen LogP contribution in [0.3, 0.4) is 0 Å². The Bertz CT molecular complexity index is 951. The Morgan fingerprint density at radius 1 is 1.00 bits per heavy atom. The highest BCUT2D eigenvalue weighted by molar-refractivity contribution is 5.78. The van der Waals surface area contributed by atoms with Gasteiger partial charge in [0.15, 0.2) is 5.65 Å². The molecule has 1 N–H and O–H groups in total. The molecule has 7 nitrogen and oxygen atoms in total. The monoisotopic (exact) mass is 293 g/mol. The Labute approximate surface area is 126 Å². The molecule has 4 rings (SSSR count). The van der Waals surface area contributed by atoms with Crippen molar-refractivity contribution in [2.24, 2.45) is 0 Å². The number of hydrogen-bond donors (Lipinski definition) is 1. The molecule has 0 fully saturated rings. The van der Waals surface area contributed by atoms with E-state index in [4.69, 9.17) is 0 Å². The average molecular weight is 293 g/mol. The van der Waals surface area contributed by atoms with Crippen molar-refractivity contribution in [1.29, 1.82) is 0 Å². The average Bonchev–Trinajstić information content (AvgIpc) is 3.11. The third-order valence-electron chi connectivity index (χ3n) is 3.37. The fourth-order valence-electron chi connectivity index (χ4n) is 2.40. The second-order valence-electron chi connectivity index (χ2n) is 5.39. The van der Waals surface area contributed by atoms with Crippen LogP contribution in [0.15, 0.2) is 43.0 Å². The van der Waals surface area contributed by atoms with Crippen molar-refractivity contribution in [3.63, 3.8) is 0 Å². The maximum atomic E-state index is 4.57. The summed E-state index contributed by atoms with van der Waals surface area (Å²) in [4.78, 5) is 8.57. The molecule has 0 saturated carbocycles. The lowest BCUT2D eigenvalue weighted by Gasteiger charge is -2.08. The SMILES string of the molecule is CC(C)Nc1ncc2c(-c3ccc4nccn4n3)ccn2n1. The molecule has 0 aromatic carbocycles. The molecule has 0 unspecified atom stereocenters. The van der Waals surface area contributed by atoms with Gasteiger partial charge in [-0.3, -0.25) is 0 Å². The standard InChI is InChI=1S/C15H15N7/c1-10(2)18-15-17-9-13-11(5-7-21(13)20-15)12-3-4-14-16-6-8-22(14)19-12/h3-10H,1-2H3,(H,18,20). The summed E-state index contributed by atoms with van der Waals surface area (Å²) in [6, 6.07) is 6.19. The number of nitrogens with one attached hydrogen (secondary N) is 1. The van der Waals surface area contributed by atoms with E-state index in [1.165, 1.54) is 0 Å². The van der Waals surface area contributed by atoms with Crippen molar-refractivity contribution in [1.82, 2.24) is 29.2 Å². The van der Waals surface area contributed by atoms with Crippen molar-refractivity contribution in [2.45, 2.75) is 19.9 Å². The number of hydrogen-bond acceptors (Lipinski definition) is 5. The third kappa shape index (κ3) is 2.07. The Kier molecular flexibility index (Phi) is 2.78. The van der Waals surface area contributed by atoms with Crippen LogP contribution in [-0.2, 0) is 0 Å². The van der Waals surface area contributed by atoms with Crippen LogP contribution in [0, 0.1) is 0 Å². The van der Waals surface area contributed by atoms with Crippen molar-refractivity contribution in [3.8, 4) is 11.3 Å². The molecular weight excluding hydrogens is 278 g/mol. The van der Waals surface area contributed by atoms with Crippen molar-refractivity contribution < 1.29 is 0 Å². The van der Waals surface area contributed by atoms with Crippen molar-refractivity contribution in [2.75, 3.05) is 5.32 Å². The highest BCUT2D eigenvalue weighted by Gasteiger charge is 2.10. The normalized spacial score (nSPS) is 11.6. The van der Waals surface area contributed by atoms with E-state index in [2.05, 4.69) is 39.3 Å². The largest absolute Gasteiger partial charge is 0.351 e. The van der Waals surface area contributed by atoms with E-state index >= 15 is 0 Å². The molecule has 0 aliphatic rings. The summed E-state index contributed by atoms with van der Waals surface area (Å²) in [5.74, 6) is 0.614. The lowest BCUT2D eigenvalue weighted by atomic mass is 10.2. The van der Waals surface area contributed by atoms with Crippen LogP contribution in [0.1, 0.15) is 13.8 Å². The zero-order chi connectivity index (χ0) is 15.1. The molecule has 7 heteroatoms. The van der Waals surface area contributed by atoms with Gasteiger partial charge >= 0.3 is 0 Å². The molecule has 0 aliphatic carbocycles. The summed E-state index contributed by atoms with van der Waals surface area (Å²) in [5, 5.41) is 12.2. The summed E-state index contributed by atoms with van der Waals surface area (Å²) in [7, 11) is 0. The molecule has 0 spiro atoms. The summed E-state index contributed by atoms with van der Waals surface area (Å²) >= 11 is 0. The molecule has 22 heavy (non-hydrogen) atoms. The van der Waals surface area contributed by atoms with Gasteiger partial charge in [0, 0.05) is 30.2 Å². The molecule has 110 valence electrons. The van der Waals surface area contributed by atoms with Gasteiger partial charge in [-0.25, -0.2) is 19.0 Å². The van der Waals surface area contributed by atoms with Crippen LogP contribution in [0.2, 0.25) is 0 Å². The van der Waals surface area contributed by atoms with Crippen LogP contribution in [0.25, 0.3) is 22.4 Å². The van der Waals surface area contributed by atoms with E-state index in [1.807, 2.05) is 41.3 Å². The Hall–Kier alpha value is -2.96. The van der Waals surface area contributed by atoms with Crippen molar-refractivity contribution >= 4 is 17.1 Å². The minimum absolute atomic E-state index is 0.290. The number of rotatable bonds is 3. The van der Waals surface area contributed by atoms with Gasteiger partial charge in [0.2, 0.25) is 5.95 Å². The van der Waals surface area contributed by atoms with Gasteiger partial charge in [0.25, 0.3) is 0 Å². The number of imidazole rings is 1. The lowest BCUT2D eigenvalue weighted by molar-refractivity contribution is 0.833. The second-order valence-corrected chi connectivity index (χ2v) is 5.39. The Morgan fingerprint density at radius 2 is 1.91 bits per heavy atom. The van der Waals surface area contributed by atoms with Gasteiger partial charge in [-0.15, -0.1) is 5.10 Å². The van der Waals surface area contributed by atoms with Crippen molar-refractivity contribution in [3.05, 3.63) is 43.0 Å². The fourth-order valence-corrected chi connectivity index (χ4v) is 2.40. The topological polar surface area (TPSA) is 72.4 Å². The van der Waals surface area contributed by atoms with E-state index in [-0.39, 0.29) is 6.04 Å². The molecular formula is C15H15N7. The number of aromatic nitrogens is 6. The minimum Gasteiger partial charge on any atom is -0.351 e. The van der Waals surface area contributed by atoms with E-state index in [0.717, 1.165) is 22.4 Å². The molecule has 4 heterocycles. The molecule has 0 amide bonds. The lowest BCUT2D eigenvalue weighted by Crippen LogP contribution is -2.13. The molecule has 0 saturated heterocycles. The van der Waals surface area contributed by atoms with Crippen LogP contribution >= 0.6 is 0 Å². The molecule has 0 aliphatic heterocycles. The summed E-state index contributed by atoms with van der Waals surface area (Å²) < 4.78 is 3.57. The first-order valence-electron chi connectivity index (χ1n) is 7.12. The predicted molar refractivity (Wildman–Crippen MR) is 83.7 cm³/mol. The first kappa shape index (κ1) is 12.8. The zero-order valence-electron chi connectivity index (χ0n) is 12.3. The first-order chi connectivity index (χ1) is 10.7. The number of fused-ring (bicyclic) bond motifs is 2. The molecule has 0 bridgehead atoms. The van der Waals surface area contributed by atoms with Crippen LogP contribution < -0.4 is 5.32 Å². The van der Waals surface area contributed by atoms with Gasteiger partial charge in [0.05, 0.1) is 17.4 Å². The predicted octanol–water partition coefficient (Wildman–Crippen LogP) is 2.26. The van der Waals surface area contributed by atoms with E-state index in [0.29, 0.717) is 5.95 Å². The van der Waals surface area contributed by atoms with E-state index < -0.39 is 0 Å². The van der Waals surface area contributed by atoms with E-state index in [1.54, 1.807) is 10.7 Å². The smallest absolute Gasteiger partial charge is 0.241 e. The summed E-state index contributed by atoms with van der Waals surface area (Å²) in [6.45, 7) is 4.11. The maximum absolute atomic E-state index is 4.57. The molecule has 0 atom stereocenters. The van der Waals surface area contributed by atoms with E-state index in [9.17, 15) is 0 Å². The second kappa shape index (κ2) is 4.80. The van der Waals surface area contributed by atoms with Gasteiger partial charge < -0.3 is 5.32 Å². The molecule has 0 radical (unpaired) electrons. The first-order valence-corrected chi connectivity index (χ1v) is 7.12. The maximum Gasteiger partial charge on any atom is 0.241 e. The van der Waals surface area contributed by atoms with Crippen LogP contribution in [-0.4, -0.2) is 35.2 Å². The summed E-state index contributed by atoms with van der Waals surface area (Å²) in [5.41, 5.74) is 3.60. The third-order valence-corrected chi connectivity index (χ3v) is 3.37. The quantitative estimate of drug-likeness (QED) is 0.627. The summed E-state index contributed by atoms with van der Waals surface area (Å²) in [6.07, 6.45) is 7.29. The highest BCUT2D eigenvalue weighted by atomic mass is 15.3. The van der Waals surface area contributed by atoms with Gasteiger partial charge in [-0.2, -0.15) is 5.10 Å². The molecule has 4 aromatic heterocycles.